The van der Waals surface area contributed by atoms with Crippen molar-refractivity contribution in [3.63, 3.8) is 0 Å². The molecule has 0 radical (unpaired) electrons. The van der Waals surface area contributed by atoms with Crippen LogP contribution in [-0.2, 0) is 9.84 Å². The van der Waals surface area contributed by atoms with E-state index in [1.165, 1.54) is 19.4 Å². The van der Waals surface area contributed by atoms with Crippen molar-refractivity contribution in [1.29, 1.82) is 0 Å². The Balaban J connectivity index is 1.76. The molecule has 2 heterocycles. The lowest BCUT2D eigenvalue weighted by molar-refractivity contribution is 0.255. The first-order valence-corrected chi connectivity index (χ1v) is 8.11. The summed E-state index contributed by atoms with van der Waals surface area (Å²) in [5.41, 5.74) is 0. The molecule has 2 rings (SSSR count). The summed E-state index contributed by atoms with van der Waals surface area (Å²) in [5, 5.41) is 3.42. The molecule has 2 aliphatic heterocycles. The number of hydrogen-bond acceptors (Lipinski definition) is 4. The third kappa shape index (κ3) is 2.96. The first-order valence-electron chi connectivity index (χ1n) is 6.28. The van der Waals surface area contributed by atoms with Crippen LogP contribution in [-0.4, -0.2) is 56.5 Å². The van der Waals surface area contributed by atoms with Crippen LogP contribution >= 0.6 is 0 Å². The van der Waals surface area contributed by atoms with Crippen molar-refractivity contribution in [2.75, 3.05) is 31.1 Å². The largest absolute Gasteiger partial charge is 0.311 e. The van der Waals surface area contributed by atoms with Gasteiger partial charge in [0.1, 0.15) is 0 Å². The Morgan fingerprint density at radius 3 is 2.81 bits per heavy atom. The Bertz CT molecular complexity index is 329. The van der Waals surface area contributed by atoms with Crippen LogP contribution in [0.25, 0.3) is 0 Å². The van der Waals surface area contributed by atoms with E-state index in [-0.39, 0.29) is 6.04 Å². The number of nitrogens with one attached hydrogen (secondary N) is 1. The molecule has 0 aromatic carbocycles. The molecule has 1 N–H and O–H groups in total. The van der Waals surface area contributed by atoms with E-state index in [2.05, 4.69) is 17.1 Å². The predicted octanol–water partition coefficient (Wildman–Crippen LogP) is 0.247. The predicted molar refractivity (Wildman–Crippen MR) is 65.3 cm³/mol. The molecule has 0 bridgehead atoms. The third-order valence-electron chi connectivity index (χ3n) is 3.78. The smallest absolute Gasteiger partial charge is 0.151 e. The van der Waals surface area contributed by atoms with E-state index in [1.54, 1.807) is 0 Å². The van der Waals surface area contributed by atoms with Crippen LogP contribution in [0, 0.1) is 0 Å². The van der Waals surface area contributed by atoms with Gasteiger partial charge in [0.15, 0.2) is 9.84 Å². The van der Waals surface area contributed by atoms with E-state index in [4.69, 9.17) is 0 Å². The van der Waals surface area contributed by atoms with Gasteiger partial charge in [0, 0.05) is 18.6 Å². The van der Waals surface area contributed by atoms with Crippen molar-refractivity contribution in [1.82, 2.24) is 10.2 Å². The minimum Gasteiger partial charge on any atom is -0.311 e. The fourth-order valence-electron chi connectivity index (χ4n) is 2.80. The molecule has 0 amide bonds. The van der Waals surface area contributed by atoms with Crippen LogP contribution in [0.2, 0.25) is 0 Å². The van der Waals surface area contributed by atoms with Gasteiger partial charge in [-0.25, -0.2) is 8.42 Å². The maximum absolute atomic E-state index is 11.3. The molecule has 4 nitrogen and oxygen atoms in total. The average Bonchev–Trinajstić information content (AvgIpc) is 2.81. The lowest BCUT2D eigenvalue weighted by Gasteiger charge is -2.24. The van der Waals surface area contributed by atoms with Crippen molar-refractivity contribution in [3.05, 3.63) is 0 Å². The molecule has 2 aliphatic rings. The van der Waals surface area contributed by atoms with Crippen LogP contribution in [0.4, 0.5) is 0 Å². The fraction of sp³-hybridized carbons (Fsp3) is 1.00. The standard InChI is InChI=1S/C11H22N2O2S/c1-2-13-6-3-4-11(13)8-12-10-5-7-16(14,15)9-10/h10-12H,2-9H2,1H3. The zero-order valence-corrected chi connectivity index (χ0v) is 10.8. The number of nitrogens with zero attached hydrogens (tertiary/aromatic N) is 1. The summed E-state index contributed by atoms with van der Waals surface area (Å²) < 4.78 is 22.6. The Kier molecular flexibility index (Phi) is 3.87. The molecule has 0 aromatic rings. The second-order valence-corrected chi connectivity index (χ2v) is 7.16. The third-order valence-corrected chi connectivity index (χ3v) is 5.55. The Labute approximate surface area is 98.3 Å². The molecule has 0 aromatic heterocycles. The summed E-state index contributed by atoms with van der Waals surface area (Å²) in [6, 6.07) is 0.817. The molecule has 94 valence electrons. The van der Waals surface area contributed by atoms with Gasteiger partial charge in [0.2, 0.25) is 0 Å². The van der Waals surface area contributed by atoms with E-state index in [9.17, 15) is 8.42 Å². The maximum atomic E-state index is 11.3. The normalized spacial score (nSPS) is 34.6. The summed E-state index contributed by atoms with van der Waals surface area (Å²) in [6.45, 7) is 5.45. The van der Waals surface area contributed by atoms with Crippen molar-refractivity contribution in [3.8, 4) is 0 Å². The summed E-state index contributed by atoms with van der Waals surface area (Å²) in [4.78, 5) is 2.48. The molecule has 2 atom stereocenters. The van der Waals surface area contributed by atoms with E-state index in [0.717, 1.165) is 19.5 Å². The molecule has 5 heteroatoms. The first kappa shape index (κ1) is 12.3. The number of rotatable bonds is 4. The Morgan fingerprint density at radius 1 is 1.38 bits per heavy atom. The van der Waals surface area contributed by atoms with E-state index < -0.39 is 9.84 Å². The second-order valence-electron chi connectivity index (χ2n) is 4.93. The van der Waals surface area contributed by atoms with Gasteiger partial charge in [-0.3, -0.25) is 4.90 Å². The number of likely N-dealkylation sites (tertiary alicyclic amines) is 1. The average molecular weight is 246 g/mol. The van der Waals surface area contributed by atoms with Crippen LogP contribution in [0.15, 0.2) is 0 Å². The lowest BCUT2D eigenvalue weighted by Crippen LogP contribution is -2.42. The van der Waals surface area contributed by atoms with E-state index in [0.29, 0.717) is 17.5 Å². The van der Waals surface area contributed by atoms with Crippen LogP contribution in [0.5, 0.6) is 0 Å². The summed E-state index contributed by atoms with van der Waals surface area (Å²) in [6.07, 6.45) is 3.32. The highest BCUT2D eigenvalue weighted by atomic mass is 32.2. The first-order chi connectivity index (χ1) is 7.61. The monoisotopic (exact) mass is 246 g/mol. The molecule has 0 saturated carbocycles. The SMILES string of the molecule is CCN1CCCC1CNC1CCS(=O)(=O)C1. The Hall–Kier alpha value is -0.130. The van der Waals surface area contributed by atoms with Crippen molar-refractivity contribution >= 4 is 9.84 Å². The molecular formula is C11H22N2O2S. The number of sulfone groups is 1. The molecule has 0 spiro atoms. The lowest BCUT2D eigenvalue weighted by atomic mass is 10.2. The molecule has 16 heavy (non-hydrogen) atoms. The highest BCUT2D eigenvalue weighted by molar-refractivity contribution is 7.91. The van der Waals surface area contributed by atoms with Gasteiger partial charge < -0.3 is 5.32 Å². The minimum absolute atomic E-state index is 0.198. The van der Waals surface area contributed by atoms with Gasteiger partial charge >= 0.3 is 0 Å². The topological polar surface area (TPSA) is 49.4 Å². The zero-order chi connectivity index (χ0) is 11.6. The van der Waals surface area contributed by atoms with Gasteiger partial charge in [-0.1, -0.05) is 6.92 Å². The Morgan fingerprint density at radius 2 is 2.19 bits per heavy atom. The highest BCUT2D eigenvalue weighted by Crippen LogP contribution is 2.17. The molecule has 2 unspecified atom stereocenters. The number of hydrogen-bond donors (Lipinski definition) is 1. The van der Waals surface area contributed by atoms with Gasteiger partial charge in [-0.15, -0.1) is 0 Å². The minimum atomic E-state index is -2.74. The fourth-order valence-corrected chi connectivity index (χ4v) is 4.51. The summed E-state index contributed by atoms with van der Waals surface area (Å²) >= 11 is 0. The molecule has 2 fully saturated rings. The second kappa shape index (κ2) is 5.02. The molecular weight excluding hydrogens is 224 g/mol. The molecule has 0 aliphatic carbocycles. The van der Waals surface area contributed by atoms with Gasteiger partial charge in [-0.05, 0) is 32.4 Å². The van der Waals surface area contributed by atoms with Gasteiger partial charge in [-0.2, -0.15) is 0 Å². The molecule has 2 saturated heterocycles. The van der Waals surface area contributed by atoms with Crippen LogP contribution < -0.4 is 5.32 Å². The maximum Gasteiger partial charge on any atom is 0.151 e. The van der Waals surface area contributed by atoms with Crippen LogP contribution in [0.1, 0.15) is 26.2 Å². The zero-order valence-electron chi connectivity index (χ0n) is 9.98. The van der Waals surface area contributed by atoms with Crippen molar-refractivity contribution in [2.45, 2.75) is 38.3 Å². The quantitative estimate of drug-likeness (QED) is 0.772. The van der Waals surface area contributed by atoms with Gasteiger partial charge in [0.05, 0.1) is 11.5 Å². The van der Waals surface area contributed by atoms with Gasteiger partial charge in [0.25, 0.3) is 0 Å². The number of likely N-dealkylation sites (N-methyl/N-ethyl adjacent to an activating group) is 1. The van der Waals surface area contributed by atoms with E-state index >= 15 is 0 Å². The highest BCUT2D eigenvalue weighted by Gasteiger charge is 2.29. The van der Waals surface area contributed by atoms with E-state index in [1.807, 2.05) is 0 Å². The summed E-state index contributed by atoms with van der Waals surface area (Å²) in [7, 11) is -2.74. The van der Waals surface area contributed by atoms with Crippen molar-refractivity contribution < 1.29 is 8.42 Å². The van der Waals surface area contributed by atoms with Crippen LogP contribution in [0.3, 0.4) is 0 Å². The summed E-state index contributed by atoms with van der Waals surface area (Å²) in [5.74, 6) is 0.707. The van der Waals surface area contributed by atoms with Crippen molar-refractivity contribution in [2.24, 2.45) is 0 Å².